The van der Waals surface area contributed by atoms with Gasteiger partial charge in [-0.05, 0) is 38.1 Å². The molecule has 1 N–H and O–H groups in total. The highest BCUT2D eigenvalue weighted by Gasteiger charge is 2.13. The minimum absolute atomic E-state index is 0.192. The third-order valence-corrected chi connectivity index (χ3v) is 2.23. The van der Waals surface area contributed by atoms with E-state index in [1.165, 1.54) is 0 Å². The van der Waals surface area contributed by atoms with Gasteiger partial charge in [-0.1, -0.05) is 12.2 Å². The third kappa shape index (κ3) is 4.30. The molecule has 4 heteroatoms. The van der Waals surface area contributed by atoms with E-state index >= 15 is 0 Å². The molecule has 0 saturated heterocycles. The van der Waals surface area contributed by atoms with Crippen LogP contribution < -0.4 is 10.1 Å². The van der Waals surface area contributed by atoms with Crippen molar-refractivity contribution >= 4 is 5.91 Å². The fourth-order valence-corrected chi connectivity index (χ4v) is 1.25. The molecule has 1 aromatic carbocycles. The van der Waals surface area contributed by atoms with Crippen molar-refractivity contribution in [1.29, 1.82) is 5.26 Å². The van der Waals surface area contributed by atoms with Gasteiger partial charge in [0.25, 0.3) is 5.91 Å². The van der Waals surface area contributed by atoms with Gasteiger partial charge in [0.15, 0.2) is 6.10 Å². The fourth-order valence-electron chi connectivity index (χ4n) is 1.25. The van der Waals surface area contributed by atoms with Crippen LogP contribution in [0.4, 0.5) is 0 Å². The first kappa shape index (κ1) is 13.8. The Kier molecular flexibility index (Phi) is 4.94. The van der Waals surface area contributed by atoms with Gasteiger partial charge in [0.1, 0.15) is 5.75 Å². The minimum atomic E-state index is -0.586. The summed E-state index contributed by atoms with van der Waals surface area (Å²) in [6.45, 7) is 7.66. The second-order valence-corrected chi connectivity index (χ2v) is 4.07. The molecular weight excluding hydrogens is 228 g/mol. The summed E-state index contributed by atoms with van der Waals surface area (Å²) < 4.78 is 5.46. The van der Waals surface area contributed by atoms with E-state index in [-0.39, 0.29) is 5.91 Å². The van der Waals surface area contributed by atoms with E-state index in [1.807, 2.05) is 13.0 Å². The molecule has 1 atom stereocenters. The van der Waals surface area contributed by atoms with Crippen molar-refractivity contribution < 1.29 is 9.53 Å². The zero-order valence-electron chi connectivity index (χ0n) is 10.6. The SMILES string of the molecule is C=C(C)CNC(=O)C(C)Oc1ccc(C#N)cc1. The average Bonchev–Trinajstić information content (AvgIpc) is 2.36. The molecule has 0 aliphatic heterocycles. The highest BCUT2D eigenvalue weighted by molar-refractivity contribution is 5.80. The Morgan fingerprint density at radius 2 is 2.11 bits per heavy atom. The number of carbonyl (C=O) groups excluding carboxylic acids is 1. The lowest BCUT2D eigenvalue weighted by molar-refractivity contribution is -0.127. The molecule has 0 aliphatic rings. The quantitative estimate of drug-likeness (QED) is 0.806. The van der Waals surface area contributed by atoms with E-state index in [9.17, 15) is 4.79 Å². The predicted molar refractivity (Wildman–Crippen MR) is 69.1 cm³/mol. The Morgan fingerprint density at radius 1 is 1.50 bits per heavy atom. The summed E-state index contributed by atoms with van der Waals surface area (Å²) in [6, 6.07) is 8.65. The highest BCUT2D eigenvalue weighted by Crippen LogP contribution is 2.13. The van der Waals surface area contributed by atoms with Crippen LogP contribution in [0.25, 0.3) is 0 Å². The molecule has 4 nitrogen and oxygen atoms in total. The first-order valence-corrected chi connectivity index (χ1v) is 5.62. The van der Waals surface area contributed by atoms with Crippen molar-refractivity contribution in [3.8, 4) is 11.8 Å². The molecule has 0 aromatic heterocycles. The second kappa shape index (κ2) is 6.45. The summed E-state index contributed by atoms with van der Waals surface area (Å²) in [5.41, 5.74) is 1.44. The number of ether oxygens (including phenoxy) is 1. The van der Waals surface area contributed by atoms with Crippen LogP contribution in [0.5, 0.6) is 5.75 Å². The number of amides is 1. The van der Waals surface area contributed by atoms with E-state index in [1.54, 1.807) is 31.2 Å². The fraction of sp³-hybridized carbons (Fsp3) is 0.286. The lowest BCUT2D eigenvalue weighted by atomic mass is 10.2. The Morgan fingerprint density at radius 3 is 2.61 bits per heavy atom. The second-order valence-electron chi connectivity index (χ2n) is 4.07. The summed E-state index contributed by atoms with van der Waals surface area (Å²) in [5, 5.41) is 11.4. The number of hydrogen-bond donors (Lipinski definition) is 1. The van der Waals surface area contributed by atoms with E-state index in [0.29, 0.717) is 17.9 Å². The normalized spacial score (nSPS) is 11.2. The Bertz CT molecular complexity index is 472. The number of nitrogens with one attached hydrogen (secondary N) is 1. The predicted octanol–water partition coefficient (Wildman–Crippen LogP) is 2.02. The maximum absolute atomic E-state index is 11.6. The minimum Gasteiger partial charge on any atom is -0.481 e. The van der Waals surface area contributed by atoms with Crippen molar-refractivity contribution in [2.75, 3.05) is 6.54 Å². The molecular formula is C14H16N2O2. The maximum Gasteiger partial charge on any atom is 0.261 e. The van der Waals surface area contributed by atoms with Crippen molar-refractivity contribution in [2.45, 2.75) is 20.0 Å². The monoisotopic (exact) mass is 244 g/mol. The first-order chi connectivity index (χ1) is 8.52. The van der Waals surface area contributed by atoms with E-state index < -0.39 is 6.10 Å². The molecule has 1 rings (SSSR count). The highest BCUT2D eigenvalue weighted by atomic mass is 16.5. The van der Waals surface area contributed by atoms with Crippen molar-refractivity contribution in [2.24, 2.45) is 0 Å². The van der Waals surface area contributed by atoms with Crippen LogP contribution in [0, 0.1) is 11.3 Å². The van der Waals surface area contributed by atoms with Crippen LogP contribution in [-0.2, 0) is 4.79 Å². The van der Waals surface area contributed by atoms with E-state index in [0.717, 1.165) is 5.57 Å². The van der Waals surface area contributed by atoms with Gasteiger partial charge in [-0.25, -0.2) is 0 Å². The molecule has 0 aliphatic carbocycles. The van der Waals surface area contributed by atoms with Gasteiger partial charge in [-0.15, -0.1) is 0 Å². The lowest BCUT2D eigenvalue weighted by Crippen LogP contribution is -2.37. The topological polar surface area (TPSA) is 62.1 Å². The van der Waals surface area contributed by atoms with Gasteiger partial charge in [-0.3, -0.25) is 4.79 Å². The van der Waals surface area contributed by atoms with Gasteiger partial charge >= 0.3 is 0 Å². The van der Waals surface area contributed by atoms with Gasteiger partial charge in [0.2, 0.25) is 0 Å². The van der Waals surface area contributed by atoms with Crippen LogP contribution in [0.15, 0.2) is 36.4 Å². The summed E-state index contributed by atoms with van der Waals surface area (Å²) in [6.07, 6.45) is -0.586. The smallest absolute Gasteiger partial charge is 0.261 e. The average molecular weight is 244 g/mol. The molecule has 1 amide bonds. The van der Waals surface area contributed by atoms with Gasteiger partial charge in [0, 0.05) is 6.54 Å². The summed E-state index contributed by atoms with van der Waals surface area (Å²) in [4.78, 5) is 11.6. The van der Waals surface area contributed by atoms with Crippen LogP contribution in [0.2, 0.25) is 0 Å². The van der Waals surface area contributed by atoms with Crippen LogP contribution in [-0.4, -0.2) is 18.6 Å². The molecule has 0 heterocycles. The van der Waals surface area contributed by atoms with Gasteiger partial charge < -0.3 is 10.1 Å². The number of carbonyl (C=O) groups is 1. The molecule has 0 fully saturated rings. The van der Waals surface area contributed by atoms with E-state index in [2.05, 4.69) is 11.9 Å². The number of nitrogens with zero attached hydrogens (tertiary/aromatic N) is 1. The molecule has 1 unspecified atom stereocenters. The lowest BCUT2D eigenvalue weighted by Gasteiger charge is -2.14. The zero-order valence-corrected chi connectivity index (χ0v) is 10.6. The zero-order chi connectivity index (χ0) is 13.5. The first-order valence-electron chi connectivity index (χ1n) is 5.62. The Hall–Kier alpha value is -2.28. The summed E-state index contributed by atoms with van der Waals surface area (Å²) in [7, 11) is 0. The molecule has 0 radical (unpaired) electrons. The van der Waals surface area contributed by atoms with Crippen LogP contribution in [0.1, 0.15) is 19.4 Å². The molecule has 94 valence electrons. The third-order valence-electron chi connectivity index (χ3n) is 2.23. The Balaban J connectivity index is 2.53. The summed E-state index contributed by atoms with van der Waals surface area (Å²) in [5.74, 6) is 0.370. The van der Waals surface area contributed by atoms with Gasteiger partial charge in [0.05, 0.1) is 11.6 Å². The van der Waals surface area contributed by atoms with Crippen LogP contribution >= 0.6 is 0 Å². The van der Waals surface area contributed by atoms with E-state index in [4.69, 9.17) is 10.00 Å². The molecule has 1 aromatic rings. The number of hydrogen-bond acceptors (Lipinski definition) is 3. The van der Waals surface area contributed by atoms with Gasteiger partial charge in [-0.2, -0.15) is 5.26 Å². The molecule has 0 bridgehead atoms. The number of rotatable bonds is 5. The standard InChI is InChI=1S/C14H16N2O2/c1-10(2)9-16-14(17)11(3)18-13-6-4-12(8-15)5-7-13/h4-7,11H,1,9H2,2-3H3,(H,16,17). The van der Waals surface area contributed by atoms with Crippen LogP contribution in [0.3, 0.4) is 0 Å². The summed E-state index contributed by atoms with van der Waals surface area (Å²) >= 11 is 0. The molecule has 0 spiro atoms. The number of benzene rings is 1. The molecule has 18 heavy (non-hydrogen) atoms. The largest absolute Gasteiger partial charge is 0.481 e. The molecule has 0 saturated carbocycles. The maximum atomic E-state index is 11.6. The van der Waals surface area contributed by atoms with Crippen molar-refractivity contribution in [3.63, 3.8) is 0 Å². The number of nitriles is 1. The Labute approximate surface area is 107 Å². The van der Waals surface area contributed by atoms with Crippen molar-refractivity contribution in [1.82, 2.24) is 5.32 Å². The van der Waals surface area contributed by atoms with Crippen molar-refractivity contribution in [3.05, 3.63) is 42.0 Å².